The predicted octanol–water partition coefficient (Wildman–Crippen LogP) is 7.32. The predicted molar refractivity (Wildman–Crippen MR) is 145 cm³/mol. The summed E-state index contributed by atoms with van der Waals surface area (Å²) in [5.41, 5.74) is -5.77. The van der Waals surface area contributed by atoms with Gasteiger partial charge in [-0.05, 0) is 105 Å². The Morgan fingerprint density at radius 3 is 2.12 bits per heavy atom. The van der Waals surface area contributed by atoms with Crippen molar-refractivity contribution in [1.82, 2.24) is 0 Å². The summed E-state index contributed by atoms with van der Waals surface area (Å²) in [4.78, 5) is 0. The van der Waals surface area contributed by atoms with Crippen LogP contribution in [0, 0.1) is 22.7 Å². The minimum atomic E-state index is -5.90. The molecule has 41 heavy (non-hydrogen) atoms. The van der Waals surface area contributed by atoms with Gasteiger partial charge in [0.1, 0.15) is 0 Å². The van der Waals surface area contributed by atoms with E-state index in [0.29, 0.717) is 37.7 Å². The summed E-state index contributed by atoms with van der Waals surface area (Å²) in [6, 6.07) is 0. The SMILES string of the molecule is C=C1/C(=C\C=C2/CCC[C@@]3(C)C2CCC3[C@@](C)(CCCC(C)(C)O)CC(O)(C(F)(F)F)C(F)(F)F)CC(O)C[C@@H]1O. The van der Waals surface area contributed by atoms with Crippen LogP contribution >= 0.6 is 0 Å². The second kappa shape index (κ2) is 11.6. The molecule has 0 heterocycles. The molecular weight excluding hydrogens is 550 g/mol. The molecule has 3 aliphatic carbocycles. The fraction of sp³-hybridized carbons (Fsp3) is 0.806. The van der Waals surface area contributed by atoms with E-state index in [4.69, 9.17) is 0 Å². The van der Waals surface area contributed by atoms with Crippen LogP contribution in [-0.2, 0) is 0 Å². The van der Waals surface area contributed by atoms with Crippen molar-refractivity contribution in [2.75, 3.05) is 0 Å². The minimum absolute atomic E-state index is 0.00284. The highest BCUT2D eigenvalue weighted by Crippen LogP contribution is 2.65. The van der Waals surface area contributed by atoms with Gasteiger partial charge in [0.25, 0.3) is 5.60 Å². The first-order valence-electron chi connectivity index (χ1n) is 14.6. The number of aliphatic hydroxyl groups excluding tert-OH is 2. The Hall–Kier alpha value is -1.36. The topological polar surface area (TPSA) is 80.9 Å². The third kappa shape index (κ3) is 7.07. The first-order chi connectivity index (χ1) is 18.5. The van der Waals surface area contributed by atoms with Crippen LogP contribution in [0.2, 0.25) is 0 Å². The Balaban J connectivity index is 1.99. The summed E-state index contributed by atoms with van der Waals surface area (Å²) in [6.45, 7) is 10.4. The van der Waals surface area contributed by atoms with Gasteiger partial charge < -0.3 is 20.4 Å². The average molecular weight is 597 g/mol. The van der Waals surface area contributed by atoms with Gasteiger partial charge in [0.2, 0.25) is 0 Å². The van der Waals surface area contributed by atoms with Crippen molar-refractivity contribution in [2.45, 2.75) is 134 Å². The fourth-order valence-electron chi connectivity index (χ4n) is 8.11. The van der Waals surface area contributed by atoms with Gasteiger partial charge in [0.15, 0.2) is 0 Å². The normalized spacial score (nSPS) is 33.8. The van der Waals surface area contributed by atoms with Crippen LogP contribution in [-0.4, -0.2) is 56.2 Å². The second-order valence-corrected chi connectivity index (χ2v) is 14.0. The highest BCUT2D eigenvalue weighted by Gasteiger charge is 2.72. The Morgan fingerprint density at radius 2 is 1.56 bits per heavy atom. The van der Waals surface area contributed by atoms with Crippen molar-refractivity contribution in [3.05, 3.63) is 35.5 Å². The quantitative estimate of drug-likeness (QED) is 0.221. The molecule has 3 rings (SSSR count). The van der Waals surface area contributed by atoms with E-state index in [1.807, 2.05) is 19.1 Å². The molecule has 0 spiro atoms. The van der Waals surface area contributed by atoms with Crippen molar-refractivity contribution in [3.63, 3.8) is 0 Å². The monoisotopic (exact) mass is 596 g/mol. The maximum Gasteiger partial charge on any atom is 0.426 e. The zero-order chi connectivity index (χ0) is 31.2. The Bertz CT molecular complexity index is 1010. The van der Waals surface area contributed by atoms with Crippen molar-refractivity contribution < 1.29 is 46.8 Å². The van der Waals surface area contributed by atoms with Gasteiger partial charge >= 0.3 is 12.4 Å². The molecule has 10 heteroatoms. The Morgan fingerprint density at radius 1 is 0.951 bits per heavy atom. The van der Waals surface area contributed by atoms with E-state index < -0.39 is 58.9 Å². The number of allylic oxidation sites excluding steroid dienone is 3. The fourth-order valence-corrected chi connectivity index (χ4v) is 8.11. The maximum absolute atomic E-state index is 13.9. The van der Waals surface area contributed by atoms with Gasteiger partial charge in [-0.2, -0.15) is 26.3 Å². The zero-order valence-electron chi connectivity index (χ0n) is 24.5. The largest absolute Gasteiger partial charge is 0.426 e. The number of hydrogen-bond acceptors (Lipinski definition) is 4. The van der Waals surface area contributed by atoms with Crippen molar-refractivity contribution in [3.8, 4) is 0 Å². The molecule has 0 aliphatic heterocycles. The summed E-state index contributed by atoms with van der Waals surface area (Å²) in [5, 5.41) is 40.8. The molecular formula is C31H46F6O4. The molecule has 6 atom stereocenters. The molecule has 3 unspecified atom stereocenters. The lowest BCUT2D eigenvalue weighted by Crippen LogP contribution is -2.60. The number of hydrogen-bond donors (Lipinski definition) is 4. The Labute approximate surface area is 239 Å². The molecule has 0 aromatic carbocycles. The van der Waals surface area contributed by atoms with Crippen LogP contribution in [0.25, 0.3) is 0 Å². The highest BCUT2D eigenvalue weighted by atomic mass is 19.4. The molecule has 3 saturated carbocycles. The molecule has 0 aromatic rings. The lowest BCUT2D eigenvalue weighted by molar-refractivity contribution is -0.378. The molecule has 3 fully saturated rings. The maximum atomic E-state index is 13.9. The van der Waals surface area contributed by atoms with Crippen LogP contribution in [0.5, 0.6) is 0 Å². The van der Waals surface area contributed by atoms with Gasteiger partial charge in [-0.15, -0.1) is 0 Å². The molecule has 3 aliphatic rings. The van der Waals surface area contributed by atoms with E-state index in [9.17, 15) is 46.8 Å². The standard InChI is InChI=1S/C31H46F6O4/c1-19-21(16-22(38)17-24(19)39)10-9-20-8-6-15-28(5)23(20)11-12-25(28)27(4,14-7-13-26(2,3)40)18-29(41,30(32,33)34)31(35,36)37/h9-10,22-25,38-41H,1,6-8,11-18H2,2-5H3/b20-9+,21-10-/t22?,23?,24-,25?,27-,28-/m0/s1. The molecule has 0 saturated heterocycles. The third-order valence-electron chi connectivity index (χ3n) is 10.2. The van der Waals surface area contributed by atoms with Crippen LogP contribution in [0.15, 0.2) is 35.5 Å². The Kier molecular flexibility index (Phi) is 9.67. The lowest BCUT2D eigenvalue weighted by Gasteiger charge is -2.51. The highest BCUT2D eigenvalue weighted by molar-refractivity contribution is 5.38. The number of alkyl halides is 6. The molecule has 0 bridgehead atoms. The summed E-state index contributed by atoms with van der Waals surface area (Å²) >= 11 is 0. The van der Waals surface area contributed by atoms with Crippen molar-refractivity contribution >= 4 is 0 Å². The van der Waals surface area contributed by atoms with Gasteiger partial charge in [-0.1, -0.05) is 44.6 Å². The summed E-state index contributed by atoms with van der Waals surface area (Å²) in [6.07, 6.45) is -7.00. The third-order valence-corrected chi connectivity index (χ3v) is 10.2. The van der Waals surface area contributed by atoms with E-state index in [-0.39, 0.29) is 31.6 Å². The smallest absolute Gasteiger partial charge is 0.393 e. The van der Waals surface area contributed by atoms with E-state index >= 15 is 0 Å². The van der Waals surface area contributed by atoms with Crippen LogP contribution < -0.4 is 0 Å². The van der Waals surface area contributed by atoms with Crippen LogP contribution in [0.4, 0.5) is 26.3 Å². The number of fused-ring (bicyclic) bond motifs is 1. The molecule has 4 nitrogen and oxygen atoms in total. The number of rotatable bonds is 8. The van der Waals surface area contributed by atoms with Crippen LogP contribution in [0.1, 0.15) is 98.3 Å². The van der Waals surface area contributed by atoms with Gasteiger partial charge in [-0.3, -0.25) is 0 Å². The molecule has 0 radical (unpaired) electrons. The van der Waals surface area contributed by atoms with Crippen molar-refractivity contribution in [2.24, 2.45) is 22.7 Å². The number of aliphatic hydroxyl groups is 4. The average Bonchev–Trinajstić information content (AvgIpc) is 3.16. The zero-order valence-corrected chi connectivity index (χ0v) is 24.5. The van der Waals surface area contributed by atoms with E-state index in [1.165, 1.54) is 6.92 Å². The molecule has 0 amide bonds. The first kappa shape index (κ1) is 34.1. The van der Waals surface area contributed by atoms with Gasteiger partial charge in [-0.25, -0.2) is 0 Å². The summed E-state index contributed by atoms with van der Waals surface area (Å²) in [7, 11) is 0. The minimum Gasteiger partial charge on any atom is -0.393 e. The number of halogens is 6. The van der Waals surface area contributed by atoms with E-state index in [0.717, 1.165) is 17.6 Å². The van der Waals surface area contributed by atoms with E-state index in [2.05, 4.69) is 6.58 Å². The summed E-state index contributed by atoms with van der Waals surface area (Å²) in [5.74, 6) is -0.592. The van der Waals surface area contributed by atoms with Gasteiger partial charge in [0, 0.05) is 6.42 Å². The lowest BCUT2D eigenvalue weighted by atomic mass is 9.54. The molecule has 236 valence electrons. The van der Waals surface area contributed by atoms with Gasteiger partial charge in [0.05, 0.1) is 17.8 Å². The summed E-state index contributed by atoms with van der Waals surface area (Å²) < 4.78 is 83.5. The molecule has 4 N–H and O–H groups in total. The van der Waals surface area contributed by atoms with Crippen LogP contribution in [0.3, 0.4) is 0 Å². The van der Waals surface area contributed by atoms with E-state index in [1.54, 1.807) is 13.8 Å². The second-order valence-electron chi connectivity index (χ2n) is 14.0. The van der Waals surface area contributed by atoms with Crippen molar-refractivity contribution in [1.29, 1.82) is 0 Å². The molecule has 0 aromatic heterocycles. The first-order valence-corrected chi connectivity index (χ1v) is 14.6.